The van der Waals surface area contributed by atoms with Gasteiger partial charge in [-0.05, 0) is 37.3 Å². The predicted octanol–water partition coefficient (Wildman–Crippen LogP) is 3.05. The summed E-state index contributed by atoms with van der Waals surface area (Å²) in [5, 5.41) is 9.63. The lowest BCUT2D eigenvalue weighted by atomic mass is 10.0. The summed E-state index contributed by atoms with van der Waals surface area (Å²) in [6.07, 6.45) is 2.78. The smallest absolute Gasteiger partial charge is 0.237 e. The average Bonchev–Trinajstić information content (AvgIpc) is 2.82. The molecule has 0 aliphatic carbocycles. The Morgan fingerprint density at radius 3 is 2.42 bits per heavy atom. The average molecular weight is 322 g/mol. The van der Waals surface area contributed by atoms with Gasteiger partial charge in [0.05, 0.1) is 6.61 Å². The molecule has 1 aliphatic rings. The molecule has 2 aromatic rings. The van der Waals surface area contributed by atoms with Crippen LogP contribution in [0.25, 0.3) is 0 Å². The van der Waals surface area contributed by atoms with Gasteiger partial charge in [-0.15, -0.1) is 0 Å². The SMILES string of the molecule is CCCOc1nc(C)nc(N2CCc3ccccc3CC2)c1C#N. The van der Waals surface area contributed by atoms with Crippen LogP contribution in [0.3, 0.4) is 0 Å². The number of nitrogens with zero attached hydrogens (tertiary/aromatic N) is 4. The van der Waals surface area contributed by atoms with Gasteiger partial charge in [-0.1, -0.05) is 31.2 Å². The number of anilines is 1. The molecule has 0 radical (unpaired) electrons. The van der Waals surface area contributed by atoms with Gasteiger partial charge >= 0.3 is 0 Å². The van der Waals surface area contributed by atoms with Gasteiger partial charge in [-0.3, -0.25) is 0 Å². The Morgan fingerprint density at radius 1 is 1.17 bits per heavy atom. The van der Waals surface area contributed by atoms with E-state index in [1.165, 1.54) is 11.1 Å². The molecule has 5 heteroatoms. The van der Waals surface area contributed by atoms with E-state index >= 15 is 0 Å². The highest BCUT2D eigenvalue weighted by Gasteiger charge is 2.22. The van der Waals surface area contributed by atoms with Crippen molar-refractivity contribution in [1.82, 2.24) is 9.97 Å². The Hall–Kier alpha value is -2.61. The molecule has 0 fully saturated rings. The lowest BCUT2D eigenvalue weighted by molar-refractivity contribution is 0.303. The Bertz CT molecular complexity index is 739. The summed E-state index contributed by atoms with van der Waals surface area (Å²) in [5.41, 5.74) is 3.21. The largest absolute Gasteiger partial charge is 0.477 e. The lowest BCUT2D eigenvalue weighted by Crippen LogP contribution is -2.28. The number of benzene rings is 1. The van der Waals surface area contributed by atoms with Crippen molar-refractivity contribution >= 4 is 5.82 Å². The second-order valence-corrected chi connectivity index (χ2v) is 5.99. The van der Waals surface area contributed by atoms with Crippen LogP contribution in [0.1, 0.15) is 35.9 Å². The van der Waals surface area contributed by atoms with Crippen LogP contribution in [0, 0.1) is 18.3 Å². The van der Waals surface area contributed by atoms with Gasteiger partial charge in [0.25, 0.3) is 0 Å². The fourth-order valence-electron chi connectivity index (χ4n) is 3.04. The van der Waals surface area contributed by atoms with Crippen LogP contribution < -0.4 is 9.64 Å². The van der Waals surface area contributed by atoms with E-state index in [9.17, 15) is 5.26 Å². The molecule has 5 nitrogen and oxygen atoms in total. The fraction of sp³-hybridized carbons (Fsp3) is 0.421. The van der Waals surface area contributed by atoms with Crippen LogP contribution in [0.15, 0.2) is 24.3 Å². The molecule has 1 aromatic heterocycles. The Kier molecular flexibility index (Phi) is 4.95. The summed E-state index contributed by atoms with van der Waals surface area (Å²) in [6, 6.07) is 10.8. The predicted molar refractivity (Wildman–Crippen MR) is 93.3 cm³/mol. The van der Waals surface area contributed by atoms with Gasteiger partial charge in [0.1, 0.15) is 11.9 Å². The van der Waals surface area contributed by atoms with E-state index in [1.54, 1.807) is 0 Å². The third-order valence-corrected chi connectivity index (χ3v) is 4.24. The highest BCUT2D eigenvalue weighted by molar-refractivity contribution is 5.59. The van der Waals surface area contributed by atoms with Crippen molar-refractivity contribution in [3.63, 3.8) is 0 Å². The van der Waals surface area contributed by atoms with E-state index in [0.717, 1.165) is 32.4 Å². The van der Waals surface area contributed by atoms with E-state index in [0.29, 0.717) is 29.7 Å². The molecule has 3 rings (SSSR count). The van der Waals surface area contributed by atoms with Crippen LogP contribution in [0.5, 0.6) is 5.88 Å². The molecular weight excluding hydrogens is 300 g/mol. The molecule has 0 bridgehead atoms. The molecule has 1 aliphatic heterocycles. The number of fused-ring (bicyclic) bond motifs is 1. The van der Waals surface area contributed by atoms with Crippen molar-refractivity contribution in [2.75, 3.05) is 24.6 Å². The maximum atomic E-state index is 9.63. The molecule has 0 saturated carbocycles. The summed E-state index contributed by atoms with van der Waals surface area (Å²) in [6.45, 7) is 6.11. The molecule has 0 N–H and O–H groups in total. The van der Waals surface area contributed by atoms with Gasteiger partial charge in [-0.2, -0.15) is 10.2 Å². The van der Waals surface area contributed by atoms with Gasteiger partial charge in [0, 0.05) is 13.1 Å². The van der Waals surface area contributed by atoms with Gasteiger partial charge in [-0.25, -0.2) is 4.98 Å². The second-order valence-electron chi connectivity index (χ2n) is 5.99. The topological polar surface area (TPSA) is 62.0 Å². The minimum Gasteiger partial charge on any atom is -0.477 e. The number of ether oxygens (including phenoxy) is 1. The summed E-state index contributed by atoms with van der Waals surface area (Å²) in [7, 11) is 0. The monoisotopic (exact) mass is 322 g/mol. The molecule has 0 amide bonds. The zero-order valence-corrected chi connectivity index (χ0v) is 14.2. The number of hydrogen-bond donors (Lipinski definition) is 0. The van der Waals surface area contributed by atoms with Crippen LogP contribution in [-0.2, 0) is 12.8 Å². The van der Waals surface area contributed by atoms with Crippen molar-refractivity contribution in [1.29, 1.82) is 5.26 Å². The maximum absolute atomic E-state index is 9.63. The quantitative estimate of drug-likeness (QED) is 0.866. The molecule has 24 heavy (non-hydrogen) atoms. The van der Waals surface area contributed by atoms with Crippen molar-refractivity contribution in [2.45, 2.75) is 33.1 Å². The third-order valence-electron chi connectivity index (χ3n) is 4.24. The molecule has 0 unspecified atom stereocenters. The summed E-state index contributed by atoms with van der Waals surface area (Å²) >= 11 is 0. The summed E-state index contributed by atoms with van der Waals surface area (Å²) < 4.78 is 5.68. The van der Waals surface area contributed by atoms with Crippen molar-refractivity contribution in [3.05, 3.63) is 46.8 Å². The van der Waals surface area contributed by atoms with Crippen LogP contribution in [-0.4, -0.2) is 29.7 Å². The van der Waals surface area contributed by atoms with Gasteiger partial charge in [0.15, 0.2) is 11.4 Å². The number of aromatic nitrogens is 2. The number of aryl methyl sites for hydroxylation is 1. The maximum Gasteiger partial charge on any atom is 0.237 e. The molecule has 0 saturated heterocycles. The summed E-state index contributed by atoms with van der Waals surface area (Å²) in [5.74, 6) is 1.74. The van der Waals surface area contributed by atoms with E-state index in [-0.39, 0.29) is 0 Å². The van der Waals surface area contributed by atoms with E-state index in [1.807, 2.05) is 13.8 Å². The van der Waals surface area contributed by atoms with Crippen molar-refractivity contribution in [3.8, 4) is 11.9 Å². The third kappa shape index (κ3) is 3.33. The molecule has 0 spiro atoms. The van der Waals surface area contributed by atoms with Gasteiger partial charge < -0.3 is 9.64 Å². The first-order valence-electron chi connectivity index (χ1n) is 8.46. The van der Waals surface area contributed by atoms with E-state index in [4.69, 9.17) is 4.74 Å². The zero-order valence-electron chi connectivity index (χ0n) is 14.2. The van der Waals surface area contributed by atoms with E-state index < -0.39 is 0 Å². The van der Waals surface area contributed by atoms with Gasteiger partial charge in [0.2, 0.25) is 5.88 Å². The highest BCUT2D eigenvalue weighted by Crippen LogP contribution is 2.27. The first kappa shape index (κ1) is 16.3. The zero-order chi connectivity index (χ0) is 16.9. The van der Waals surface area contributed by atoms with Crippen molar-refractivity contribution < 1.29 is 4.74 Å². The Labute approximate surface area is 142 Å². The first-order chi connectivity index (χ1) is 11.7. The number of nitriles is 1. The lowest BCUT2D eigenvalue weighted by Gasteiger charge is -2.23. The normalized spacial score (nSPS) is 13.8. The first-order valence-corrected chi connectivity index (χ1v) is 8.46. The van der Waals surface area contributed by atoms with Crippen LogP contribution in [0.2, 0.25) is 0 Å². The van der Waals surface area contributed by atoms with Crippen molar-refractivity contribution in [2.24, 2.45) is 0 Å². The fourth-order valence-corrected chi connectivity index (χ4v) is 3.04. The molecule has 2 heterocycles. The minimum absolute atomic E-state index is 0.406. The highest BCUT2D eigenvalue weighted by atomic mass is 16.5. The van der Waals surface area contributed by atoms with Crippen LogP contribution >= 0.6 is 0 Å². The minimum atomic E-state index is 0.406. The Balaban J connectivity index is 1.92. The Morgan fingerprint density at radius 2 is 1.83 bits per heavy atom. The van der Waals surface area contributed by atoms with E-state index in [2.05, 4.69) is 45.2 Å². The summed E-state index contributed by atoms with van der Waals surface area (Å²) in [4.78, 5) is 11.1. The second kappa shape index (κ2) is 7.31. The molecular formula is C19H22N4O. The molecule has 124 valence electrons. The number of rotatable bonds is 4. The molecule has 0 atom stereocenters. The molecule has 1 aromatic carbocycles. The standard InChI is InChI=1S/C19H22N4O/c1-3-12-24-19-17(13-20)18(21-14(2)22-19)23-10-8-15-6-4-5-7-16(15)9-11-23/h4-7H,3,8-12H2,1-2H3. The number of hydrogen-bond acceptors (Lipinski definition) is 5. The van der Waals surface area contributed by atoms with Crippen LogP contribution in [0.4, 0.5) is 5.82 Å².